The number of sulfonamides is 1. The van der Waals surface area contributed by atoms with Crippen LogP contribution in [0.1, 0.15) is 22.7 Å². The van der Waals surface area contributed by atoms with Crippen LogP contribution in [0.3, 0.4) is 0 Å². The average molecular weight is 424 g/mol. The van der Waals surface area contributed by atoms with Gasteiger partial charge in [0.1, 0.15) is 5.75 Å². The summed E-state index contributed by atoms with van der Waals surface area (Å²) >= 11 is 1.64. The second kappa shape index (κ2) is 8.92. The third kappa shape index (κ3) is 4.75. The minimum atomic E-state index is -3.61. The highest BCUT2D eigenvalue weighted by Crippen LogP contribution is 2.28. The molecule has 0 saturated carbocycles. The van der Waals surface area contributed by atoms with Gasteiger partial charge in [-0.3, -0.25) is 4.90 Å². The number of hydrogen-bond donors (Lipinski definition) is 1. The Bertz CT molecular complexity index is 866. The van der Waals surface area contributed by atoms with E-state index in [4.69, 9.17) is 4.74 Å². The van der Waals surface area contributed by atoms with Crippen LogP contribution in [-0.2, 0) is 10.0 Å². The Morgan fingerprint density at radius 2 is 1.82 bits per heavy atom. The van der Waals surface area contributed by atoms with E-state index < -0.39 is 10.0 Å². The molecule has 2 aromatic rings. The van der Waals surface area contributed by atoms with Gasteiger partial charge in [0.2, 0.25) is 10.0 Å². The standard InChI is InChI=1S/C20H29N3O3S2/c1-15-11-18(12-16(2)20(15)26-4)28(24,25)21-13-19(17-5-10-27-14-17)23-8-6-22(3)7-9-23/h5,10-12,14,19,21H,6-9,13H2,1-4H3/t19-/m1/s1. The third-order valence-corrected chi connectivity index (χ3v) is 7.43. The smallest absolute Gasteiger partial charge is 0.240 e. The Hall–Kier alpha value is -1.45. The number of nitrogens with zero attached hydrogens (tertiary/aromatic N) is 2. The molecule has 1 aliphatic rings. The summed E-state index contributed by atoms with van der Waals surface area (Å²) in [4.78, 5) is 4.95. The van der Waals surface area contributed by atoms with Crippen molar-refractivity contribution in [3.63, 3.8) is 0 Å². The van der Waals surface area contributed by atoms with E-state index in [1.165, 1.54) is 5.56 Å². The molecule has 2 heterocycles. The summed E-state index contributed by atoms with van der Waals surface area (Å²) in [5.74, 6) is 0.729. The van der Waals surface area contributed by atoms with Crippen LogP contribution in [0.5, 0.6) is 5.75 Å². The first kappa shape index (κ1) is 21.3. The first-order chi connectivity index (χ1) is 13.3. The number of rotatable bonds is 7. The van der Waals surface area contributed by atoms with Crippen LogP contribution < -0.4 is 9.46 Å². The Kier molecular flexibility index (Phi) is 6.77. The zero-order valence-corrected chi connectivity index (χ0v) is 18.6. The maximum absolute atomic E-state index is 13.0. The molecule has 0 spiro atoms. The second-order valence-corrected chi connectivity index (χ2v) is 9.90. The van der Waals surface area contributed by atoms with Crippen molar-refractivity contribution in [3.8, 4) is 5.75 Å². The molecule has 6 nitrogen and oxygen atoms in total. The van der Waals surface area contributed by atoms with Gasteiger partial charge in [-0.1, -0.05) is 0 Å². The van der Waals surface area contributed by atoms with Gasteiger partial charge in [0.25, 0.3) is 0 Å². The number of thiophene rings is 1. The Labute approximate surface area is 172 Å². The molecule has 1 fully saturated rings. The van der Waals surface area contributed by atoms with Crippen molar-refractivity contribution in [1.82, 2.24) is 14.5 Å². The molecule has 0 unspecified atom stereocenters. The van der Waals surface area contributed by atoms with Gasteiger partial charge in [0.05, 0.1) is 12.0 Å². The fourth-order valence-electron chi connectivity index (χ4n) is 3.72. The van der Waals surface area contributed by atoms with Gasteiger partial charge in [-0.25, -0.2) is 13.1 Å². The summed E-state index contributed by atoms with van der Waals surface area (Å²) in [6, 6.07) is 5.46. The van der Waals surface area contributed by atoms with Crippen molar-refractivity contribution in [1.29, 1.82) is 0 Å². The predicted molar refractivity (Wildman–Crippen MR) is 114 cm³/mol. The molecule has 1 aromatic carbocycles. The summed E-state index contributed by atoms with van der Waals surface area (Å²) in [6.07, 6.45) is 0. The quantitative estimate of drug-likeness (QED) is 0.742. The van der Waals surface area contributed by atoms with E-state index in [0.29, 0.717) is 6.54 Å². The van der Waals surface area contributed by atoms with Gasteiger partial charge in [-0.15, -0.1) is 0 Å². The van der Waals surface area contributed by atoms with E-state index in [2.05, 4.69) is 33.0 Å². The third-order valence-electron chi connectivity index (χ3n) is 5.32. The lowest BCUT2D eigenvalue weighted by Gasteiger charge is -2.38. The minimum absolute atomic E-state index is 0.0372. The highest BCUT2D eigenvalue weighted by molar-refractivity contribution is 7.89. The molecule has 0 aliphatic carbocycles. The Morgan fingerprint density at radius 3 is 2.36 bits per heavy atom. The topological polar surface area (TPSA) is 61.9 Å². The maximum Gasteiger partial charge on any atom is 0.240 e. The maximum atomic E-state index is 13.0. The van der Waals surface area contributed by atoms with Crippen LogP contribution in [0.2, 0.25) is 0 Å². The number of hydrogen-bond acceptors (Lipinski definition) is 6. The zero-order valence-electron chi connectivity index (χ0n) is 16.9. The van der Waals surface area contributed by atoms with E-state index in [0.717, 1.165) is 43.1 Å². The molecule has 0 bridgehead atoms. The van der Waals surface area contributed by atoms with Crippen molar-refractivity contribution >= 4 is 21.4 Å². The fourth-order valence-corrected chi connectivity index (χ4v) is 5.63. The Balaban J connectivity index is 1.79. The van der Waals surface area contributed by atoms with Gasteiger partial charge in [0, 0.05) is 38.8 Å². The van der Waals surface area contributed by atoms with Gasteiger partial charge < -0.3 is 9.64 Å². The summed E-state index contributed by atoms with van der Waals surface area (Å²) in [7, 11) is 0.114. The van der Waals surface area contributed by atoms with Crippen molar-refractivity contribution in [3.05, 3.63) is 45.6 Å². The monoisotopic (exact) mass is 423 g/mol. The highest BCUT2D eigenvalue weighted by atomic mass is 32.2. The normalized spacial score (nSPS) is 17.6. The van der Waals surface area contributed by atoms with E-state index in [1.54, 1.807) is 30.6 Å². The van der Waals surface area contributed by atoms with E-state index in [1.807, 2.05) is 19.2 Å². The van der Waals surface area contributed by atoms with Gasteiger partial charge >= 0.3 is 0 Å². The molecule has 3 rings (SSSR count). The lowest BCUT2D eigenvalue weighted by Crippen LogP contribution is -2.48. The molecule has 0 radical (unpaired) electrons. The number of piperazine rings is 1. The highest BCUT2D eigenvalue weighted by Gasteiger charge is 2.26. The predicted octanol–water partition coefficient (Wildman–Crippen LogP) is 2.64. The van der Waals surface area contributed by atoms with Crippen molar-refractivity contribution in [2.75, 3.05) is 46.9 Å². The molecule has 1 atom stereocenters. The number of likely N-dealkylation sites (N-methyl/N-ethyl adjacent to an activating group) is 1. The molecule has 1 aromatic heterocycles. The van der Waals surface area contributed by atoms with Crippen molar-refractivity contribution < 1.29 is 13.2 Å². The van der Waals surface area contributed by atoms with E-state index in [9.17, 15) is 8.42 Å². The van der Waals surface area contributed by atoms with E-state index >= 15 is 0 Å². The molecule has 1 aliphatic heterocycles. The number of methoxy groups -OCH3 is 1. The SMILES string of the molecule is COc1c(C)cc(S(=O)(=O)NC[C@H](c2ccsc2)N2CCN(C)CC2)cc1C. The zero-order chi connectivity index (χ0) is 20.3. The molecule has 1 saturated heterocycles. The lowest BCUT2D eigenvalue weighted by atomic mass is 10.1. The molecular weight excluding hydrogens is 394 g/mol. The number of nitrogens with one attached hydrogen (secondary N) is 1. The molecular formula is C20H29N3O3S2. The summed E-state index contributed by atoms with van der Waals surface area (Å²) in [5.41, 5.74) is 2.80. The summed E-state index contributed by atoms with van der Waals surface area (Å²) < 4.78 is 34.1. The number of ether oxygens (including phenoxy) is 1. The van der Waals surface area contributed by atoms with Crippen LogP contribution in [0.4, 0.5) is 0 Å². The van der Waals surface area contributed by atoms with Gasteiger partial charge in [-0.05, 0) is 66.5 Å². The Morgan fingerprint density at radius 1 is 1.18 bits per heavy atom. The first-order valence-corrected chi connectivity index (χ1v) is 11.8. The fraction of sp³-hybridized carbons (Fsp3) is 0.500. The van der Waals surface area contributed by atoms with Gasteiger partial charge in [-0.2, -0.15) is 11.3 Å². The summed E-state index contributed by atoms with van der Waals surface area (Å²) in [6.45, 7) is 7.92. The first-order valence-electron chi connectivity index (χ1n) is 9.41. The van der Waals surface area contributed by atoms with Crippen LogP contribution >= 0.6 is 11.3 Å². The molecule has 0 amide bonds. The average Bonchev–Trinajstić information content (AvgIpc) is 3.17. The number of aryl methyl sites for hydroxylation is 2. The lowest BCUT2D eigenvalue weighted by molar-refractivity contribution is 0.113. The van der Waals surface area contributed by atoms with Crippen LogP contribution in [-0.4, -0.2) is 65.1 Å². The number of benzene rings is 1. The van der Waals surface area contributed by atoms with Crippen LogP contribution in [0, 0.1) is 13.8 Å². The van der Waals surface area contributed by atoms with Crippen molar-refractivity contribution in [2.24, 2.45) is 0 Å². The molecule has 1 N–H and O–H groups in total. The molecule has 154 valence electrons. The molecule has 28 heavy (non-hydrogen) atoms. The van der Waals surface area contributed by atoms with Crippen LogP contribution in [0.25, 0.3) is 0 Å². The minimum Gasteiger partial charge on any atom is -0.496 e. The summed E-state index contributed by atoms with van der Waals surface area (Å²) in [5, 5.41) is 4.15. The molecule has 8 heteroatoms. The van der Waals surface area contributed by atoms with Crippen molar-refractivity contribution in [2.45, 2.75) is 24.8 Å². The van der Waals surface area contributed by atoms with E-state index in [-0.39, 0.29) is 10.9 Å². The second-order valence-electron chi connectivity index (χ2n) is 7.35. The largest absolute Gasteiger partial charge is 0.496 e. The van der Waals surface area contributed by atoms with Gasteiger partial charge in [0.15, 0.2) is 0 Å². The van der Waals surface area contributed by atoms with Crippen LogP contribution in [0.15, 0.2) is 33.9 Å².